The second-order valence-electron chi connectivity index (χ2n) is 9.87. The van der Waals surface area contributed by atoms with Gasteiger partial charge in [0.25, 0.3) is 5.91 Å². The van der Waals surface area contributed by atoms with Gasteiger partial charge in [0.05, 0.1) is 11.0 Å². The quantitative estimate of drug-likeness (QED) is 0.486. The second kappa shape index (κ2) is 9.87. The van der Waals surface area contributed by atoms with E-state index in [1.165, 1.54) is 12.1 Å². The van der Waals surface area contributed by atoms with Crippen molar-refractivity contribution in [1.82, 2.24) is 10.3 Å². The number of carbonyl (C=O) groups excluding carboxylic acids is 3. The number of ether oxygens (including phenoxy) is 1. The summed E-state index contributed by atoms with van der Waals surface area (Å²) in [4.78, 5) is 42.0. The van der Waals surface area contributed by atoms with Crippen molar-refractivity contribution in [2.45, 2.75) is 54.4 Å². The molecule has 180 valence electrons. The van der Waals surface area contributed by atoms with Gasteiger partial charge in [-0.1, -0.05) is 23.8 Å². The summed E-state index contributed by atoms with van der Waals surface area (Å²) in [6.45, 7) is 11.4. The van der Waals surface area contributed by atoms with E-state index in [1.54, 1.807) is 20.8 Å². The Morgan fingerprint density at radius 1 is 1.15 bits per heavy atom. The van der Waals surface area contributed by atoms with E-state index in [2.05, 4.69) is 10.3 Å². The van der Waals surface area contributed by atoms with Crippen molar-refractivity contribution in [2.75, 3.05) is 6.54 Å². The van der Waals surface area contributed by atoms with Gasteiger partial charge in [-0.15, -0.1) is 0 Å². The maximum atomic E-state index is 13.5. The molecule has 1 aliphatic rings. The van der Waals surface area contributed by atoms with Crippen molar-refractivity contribution in [1.29, 1.82) is 0 Å². The van der Waals surface area contributed by atoms with Crippen molar-refractivity contribution < 1.29 is 23.5 Å². The van der Waals surface area contributed by atoms with E-state index in [1.807, 2.05) is 32.9 Å². The van der Waals surface area contributed by atoms with E-state index in [-0.39, 0.29) is 24.4 Å². The molecule has 2 aromatic rings. The SMILES string of the molecule is Cc1cc(C)c(C2=C(OC(=O)C(C)(C)C)CC(CCNC(=O)c3cccc(F)n3)C2=O)c(C)c1. The first-order valence-corrected chi connectivity index (χ1v) is 11.4. The summed E-state index contributed by atoms with van der Waals surface area (Å²) in [6, 6.07) is 8.01. The molecule has 0 spiro atoms. The number of carbonyl (C=O) groups is 3. The van der Waals surface area contributed by atoms with Gasteiger partial charge in [-0.05, 0) is 76.8 Å². The standard InChI is InChI=1S/C27H31FN2O4/c1-15-12-16(2)22(17(3)13-15)23-20(34-26(33)27(4,5)6)14-18(24(23)31)10-11-29-25(32)19-8-7-9-21(28)30-19/h7-9,12-13,18H,10-11,14H2,1-6H3,(H,29,32). The van der Waals surface area contributed by atoms with E-state index >= 15 is 0 Å². The first-order valence-electron chi connectivity index (χ1n) is 11.4. The van der Waals surface area contributed by atoms with Gasteiger partial charge < -0.3 is 10.1 Å². The maximum Gasteiger partial charge on any atom is 0.316 e. The highest BCUT2D eigenvalue weighted by Gasteiger charge is 2.38. The molecule has 1 heterocycles. The number of halogens is 1. The number of nitrogens with one attached hydrogen (secondary N) is 1. The van der Waals surface area contributed by atoms with Crippen LogP contribution < -0.4 is 5.32 Å². The third-order valence-corrected chi connectivity index (χ3v) is 5.81. The molecule has 3 rings (SSSR count). The van der Waals surface area contributed by atoms with Crippen LogP contribution in [0.3, 0.4) is 0 Å². The van der Waals surface area contributed by atoms with E-state index < -0.39 is 29.2 Å². The van der Waals surface area contributed by atoms with Crippen LogP contribution in [0, 0.1) is 38.1 Å². The molecule has 34 heavy (non-hydrogen) atoms. The molecule has 0 radical (unpaired) electrons. The van der Waals surface area contributed by atoms with Crippen LogP contribution >= 0.6 is 0 Å². The molecule has 0 bridgehead atoms. The van der Waals surface area contributed by atoms with Crippen molar-refractivity contribution in [3.63, 3.8) is 0 Å². The van der Waals surface area contributed by atoms with Gasteiger partial charge in [0.2, 0.25) is 5.95 Å². The molecule has 0 fully saturated rings. The summed E-state index contributed by atoms with van der Waals surface area (Å²) < 4.78 is 19.1. The number of nitrogens with zero attached hydrogens (tertiary/aromatic N) is 1. The van der Waals surface area contributed by atoms with Gasteiger partial charge in [-0.2, -0.15) is 4.39 Å². The molecule has 6 nitrogen and oxygen atoms in total. The smallest absolute Gasteiger partial charge is 0.316 e. The molecule has 1 aromatic carbocycles. The Kier molecular flexibility index (Phi) is 7.34. The summed E-state index contributed by atoms with van der Waals surface area (Å²) in [6.07, 6.45) is 0.626. The Balaban J connectivity index is 1.82. The lowest BCUT2D eigenvalue weighted by Gasteiger charge is -2.18. The first kappa shape index (κ1) is 25.3. The monoisotopic (exact) mass is 466 g/mol. The summed E-state index contributed by atoms with van der Waals surface area (Å²) in [5.74, 6) is -1.82. The van der Waals surface area contributed by atoms with Gasteiger partial charge in [0, 0.05) is 18.9 Å². The number of pyridine rings is 1. The molecule has 1 N–H and O–H groups in total. The van der Waals surface area contributed by atoms with Gasteiger partial charge in [0.1, 0.15) is 11.5 Å². The third-order valence-electron chi connectivity index (χ3n) is 5.81. The van der Waals surface area contributed by atoms with Crippen molar-refractivity contribution in [3.8, 4) is 0 Å². The number of ketones is 1. The second-order valence-corrected chi connectivity index (χ2v) is 9.87. The van der Waals surface area contributed by atoms with Gasteiger partial charge >= 0.3 is 5.97 Å². The molecule has 0 saturated heterocycles. The fraction of sp³-hybridized carbons (Fsp3) is 0.407. The molecular formula is C27H31FN2O4. The van der Waals surface area contributed by atoms with E-state index in [0.717, 1.165) is 28.3 Å². The Morgan fingerprint density at radius 3 is 2.38 bits per heavy atom. The predicted molar refractivity (Wildman–Crippen MR) is 127 cm³/mol. The number of hydrogen-bond donors (Lipinski definition) is 1. The Labute approximate surface area is 199 Å². The summed E-state index contributed by atoms with van der Waals surface area (Å²) in [5, 5.41) is 2.69. The molecule has 7 heteroatoms. The molecule has 1 amide bonds. The molecule has 0 saturated carbocycles. The minimum atomic E-state index is -0.735. The van der Waals surface area contributed by atoms with Gasteiger partial charge in [-0.25, -0.2) is 4.98 Å². The lowest BCUT2D eigenvalue weighted by atomic mass is 9.90. The van der Waals surface area contributed by atoms with Crippen LogP contribution in [0.25, 0.3) is 5.57 Å². The number of hydrogen-bond acceptors (Lipinski definition) is 5. The maximum absolute atomic E-state index is 13.5. The van der Waals surface area contributed by atoms with E-state index in [0.29, 0.717) is 17.8 Å². The molecule has 0 aliphatic heterocycles. The number of esters is 1. The normalized spacial score (nSPS) is 16.1. The highest BCUT2D eigenvalue weighted by molar-refractivity contribution is 6.25. The Bertz CT molecular complexity index is 1150. The number of amides is 1. The zero-order chi connectivity index (χ0) is 25.2. The van der Waals surface area contributed by atoms with Crippen molar-refractivity contribution in [3.05, 3.63) is 70.0 Å². The molecule has 1 aromatic heterocycles. The van der Waals surface area contributed by atoms with Crippen molar-refractivity contribution in [2.24, 2.45) is 11.3 Å². The lowest BCUT2D eigenvalue weighted by Crippen LogP contribution is -2.28. The number of aromatic nitrogens is 1. The molecule has 1 aliphatic carbocycles. The summed E-state index contributed by atoms with van der Waals surface area (Å²) >= 11 is 0. The van der Waals surface area contributed by atoms with Crippen LogP contribution in [0.2, 0.25) is 0 Å². The minimum absolute atomic E-state index is 0.0257. The predicted octanol–water partition coefficient (Wildman–Crippen LogP) is 4.86. The van der Waals surface area contributed by atoms with Crippen LogP contribution in [0.5, 0.6) is 0 Å². The van der Waals surface area contributed by atoms with Crippen LogP contribution in [0.1, 0.15) is 66.4 Å². The van der Waals surface area contributed by atoms with Gasteiger partial charge in [-0.3, -0.25) is 14.4 Å². The Morgan fingerprint density at radius 2 is 1.79 bits per heavy atom. The number of Topliss-reactive ketones (excluding diaryl/α,β-unsaturated/α-hetero) is 1. The average molecular weight is 467 g/mol. The fourth-order valence-corrected chi connectivity index (χ4v) is 4.17. The fourth-order valence-electron chi connectivity index (χ4n) is 4.17. The minimum Gasteiger partial charge on any atom is -0.430 e. The van der Waals surface area contributed by atoms with E-state index in [9.17, 15) is 18.8 Å². The summed E-state index contributed by atoms with van der Waals surface area (Å²) in [5.41, 5.74) is 3.46. The topological polar surface area (TPSA) is 85.4 Å². The largest absolute Gasteiger partial charge is 0.430 e. The van der Waals surface area contributed by atoms with Crippen LogP contribution in [-0.2, 0) is 14.3 Å². The molecular weight excluding hydrogens is 435 g/mol. The highest BCUT2D eigenvalue weighted by Crippen LogP contribution is 2.40. The lowest BCUT2D eigenvalue weighted by molar-refractivity contribution is -0.148. The van der Waals surface area contributed by atoms with E-state index in [4.69, 9.17) is 4.74 Å². The summed E-state index contributed by atoms with van der Waals surface area (Å²) in [7, 11) is 0. The highest BCUT2D eigenvalue weighted by atomic mass is 19.1. The molecule has 1 atom stereocenters. The number of allylic oxidation sites excluding steroid dienone is 2. The Hall–Kier alpha value is -3.35. The number of aryl methyl sites for hydroxylation is 3. The zero-order valence-electron chi connectivity index (χ0n) is 20.5. The van der Waals surface area contributed by atoms with Gasteiger partial charge in [0.15, 0.2) is 5.78 Å². The number of benzene rings is 1. The van der Waals surface area contributed by atoms with Crippen LogP contribution in [0.4, 0.5) is 4.39 Å². The van der Waals surface area contributed by atoms with Crippen molar-refractivity contribution >= 4 is 23.2 Å². The first-order chi connectivity index (χ1) is 15.9. The third kappa shape index (κ3) is 5.58. The van der Waals surface area contributed by atoms with Crippen LogP contribution in [-0.4, -0.2) is 29.2 Å². The zero-order valence-corrected chi connectivity index (χ0v) is 20.5. The average Bonchev–Trinajstić information content (AvgIpc) is 3.02. The number of rotatable bonds is 6. The van der Waals surface area contributed by atoms with Crippen LogP contribution in [0.15, 0.2) is 36.1 Å². The molecule has 1 unspecified atom stereocenters.